The van der Waals surface area contributed by atoms with Crippen molar-refractivity contribution in [1.82, 2.24) is 15.0 Å². The highest BCUT2D eigenvalue weighted by Crippen LogP contribution is 2.33. The van der Waals surface area contributed by atoms with E-state index in [1.807, 2.05) is 6.07 Å². The Labute approximate surface area is 170 Å². The van der Waals surface area contributed by atoms with Gasteiger partial charge in [0.2, 0.25) is 0 Å². The summed E-state index contributed by atoms with van der Waals surface area (Å²) in [4.78, 5) is 25.1. The molecule has 0 atom stereocenters. The Morgan fingerprint density at radius 1 is 1.00 bits per heavy atom. The minimum atomic E-state index is -0.546. The minimum Gasteiger partial charge on any atom is -0.366 e. The van der Waals surface area contributed by atoms with Crippen molar-refractivity contribution in [2.75, 3.05) is 5.32 Å². The van der Waals surface area contributed by atoms with Crippen molar-refractivity contribution in [3.8, 4) is 11.4 Å². The summed E-state index contributed by atoms with van der Waals surface area (Å²) in [5.41, 5.74) is 7.70. The molecule has 0 radical (unpaired) electrons. The van der Waals surface area contributed by atoms with Crippen molar-refractivity contribution in [1.29, 1.82) is 0 Å². The summed E-state index contributed by atoms with van der Waals surface area (Å²) in [6, 6.07) is 13.9. The van der Waals surface area contributed by atoms with Crippen LogP contribution in [0.2, 0.25) is 10.0 Å². The minimum absolute atomic E-state index is 0.345. The van der Waals surface area contributed by atoms with Crippen molar-refractivity contribution >= 4 is 51.5 Å². The number of anilines is 2. The lowest BCUT2D eigenvalue weighted by atomic mass is 10.1. The number of primary amides is 1. The first-order valence-electron chi connectivity index (χ1n) is 8.26. The molecule has 0 saturated heterocycles. The second-order valence-electron chi connectivity index (χ2n) is 5.96. The summed E-state index contributed by atoms with van der Waals surface area (Å²) in [6.45, 7) is 0. The molecule has 4 rings (SSSR count). The standard InChI is InChI=1S/C20H13Cl2N5O/c21-14-8-13-17(9-15(14)22)26-19(11-4-3-7-24-10-11)27-20(13)25-16-6-2-1-5-12(16)18(23)28/h1-10H,(H2,23,28)(H,25,26,27). The summed E-state index contributed by atoms with van der Waals surface area (Å²) in [7, 11) is 0. The zero-order valence-electron chi connectivity index (χ0n) is 14.4. The van der Waals surface area contributed by atoms with Gasteiger partial charge < -0.3 is 11.1 Å². The third kappa shape index (κ3) is 3.47. The quantitative estimate of drug-likeness (QED) is 0.502. The van der Waals surface area contributed by atoms with E-state index in [4.69, 9.17) is 28.9 Å². The summed E-state index contributed by atoms with van der Waals surface area (Å²) in [5, 5.41) is 4.59. The van der Waals surface area contributed by atoms with Gasteiger partial charge in [0.05, 0.1) is 26.8 Å². The lowest BCUT2D eigenvalue weighted by Crippen LogP contribution is -2.13. The van der Waals surface area contributed by atoms with Crippen LogP contribution in [0.1, 0.15) is 10.4 Å². The number of rotatable bonds is 4. The van der Waals surface area contributed by atoms with E-state index in [9.17, 15) is 4.79 Å². The maximum absolute atomic E-state index is 11.8. The zero-order valence-corrected chi connectivity index (χ0v) is 15.9. The molecule has 1 amide bonds. The number of fused-ring (bicyclic) bond motifs is 1. The van der Waals surface area contributed by atoms with Gasteiger partial charge in [-0.3, -0.25) is 9.78 Å². The number of para-hydroxylation sites is 1. The predicted molar refractivity (Wildman–Crippen MR) is 111 cm³/mol. The molecular weight excluding hydrogens is 397 g/mol. The molecule has 138 valence electrons. The average molecular weight is 410 g/mol. The number of hydrogen-bond donors (Lipinski definition) is 2. The van der Waals surface area contributed by atoms with E-state index in [-0.39, 0.29) is 0 Å². The van der Waals surface area contributed by atoms with Crippen LogP contribution in [-0.2, 0) is 0 Å². The summed E-state index contributed by atoms with van der Waals surface area (Å²) < 4.78 is 0. The normalized spacial score (nSPS) is 10.8. The van der Waals surface area contributed by atoms with Crippen molar-refractivity contribution in [3.05, 3.63) is 76.5 Å². The first-order valence-corrected chi connectivity index (χ1v) is 9.01. The van der Waals surface area contributed by atoms with Gasteiger partial charge in [0.25, 0.3) is 5.91 Å². The lowest BCUT2D eigenvalue weighted by molar-refractivity contribution is 0.100. The van der Waals surface area contributed by atoms with Gasteiger partial charge in [0.15, 0.2) is 5.82 Å². The second kappa shape index (κ2) is 7.42. The highest BCUT2D eigenvalue weighted by molar-refractivity contribution is 6.42. The molecule has 2 heterocycles. The summed E-state index contributed by atoms with van der Waals surface area (Å²) in [5.74, 6) is 0.379. The van der Waals surface area contributed by atoms with Crippen molar-refractivity contribution < 1.29 is 4.79 Å². The van der Waals surface area contributed by atoms with Gasteiger partial charge in [0.1, 0.15) is 5.82 Å². The number of benzene rings is 2. The molecule has 2 aromatic heterocycles. The number of aromatic nitrogens is 3. The Balaban J connectivity index is 1.93. The van der Waals surface area contributed by atoms with Crippen LogP contribution in [0.4, 0.5) is 11.5 Å². The molecule has 0 fully saturated rings. The summed E-state index contributed by atoms with van der Waals surface area (Å²) in [6.07, 6.45) is 3.34. The van der Waals surface area contributed by atoms with E-state index in [1.165, 1.54) is 0 Å². The van der Waals surface area contributed by atoms with Crippen LogP contribution in [0.25, 0.3) is 22.3 Å². The van der Waals surface area contributed by atoms with Gasteiger partial charge in [-0.25, -0.2) is 9.97 Å². The van der Waals surface area contributed by atoms with Gasteiger partial charge in [-0.2, -0.15) is 0 Å². The second-order valence-corrected chi connectivity index (χ2v) is 6.77. The lowest BCUT2D eigenvalue weighted by Gasteiger charge is -2.13. The number of pyridine rings is 1. The zero-order chi connectivity index (χ0) is 19.7. The van der Waals surface area contributed by atoms with E-state index in [0.717, 1.165) is 5.56 Å². The fraction of sp³-hybridized carbons (Fsp3) is 0. The van der Waals surface area contributed by atoms with Crippen LogP contribution in [0.5, 0.6) is 0 Å². The molecule has 4 aromatic rings. The average Bonchev–Trinajstić information content (AvgIpc) is 2.70. The van der Waals surface area contributed by atoms with Crippen molar-refractivity contribution in [3.63, 3.8) is 0 Å². The Morgan fingerprint density at radius 2 is 1.79 bits per heavy atom. The first kappa shape index (κ1) is 18.2. The van der Waals surface area contributed by atoms with Crippen LogP contribution in [0.3, 0.4) is 0 Å². The molecular formula is C20H13Cl2N5O. The first-order chi connectivity index (χ1) is 13.5. The third-order valence-electron chi connectivity index (χ3n) is 4.10. The molecule has 0 unspecified atom stereocenters. The highest BCUT2D eigenvalue weighted by Gasteiger charge is 2.15. The molecule has 0 aliphatic carbocycles. The fourth-order valence-electron chi connectivity index (χ4n) is 2.78. The van der Waals surface area contributed by atoms with Crippen LogP contribution in [0.15, 0.2) is 60.9 Å². The molecule has 0 aliphatic rings. The largest absolute Gasteiger partial charge is 0.366 e. The molecule has 0 bridgehead atoms. The fourth-order valence-corrected chi connectivity index (χ4v) is 3.10. The van der Waals surface area contributed by atoms with E-state index in [1.54, 1.807) is 54.9 Å². The van der Waals surface area contributed by atoms with Crippen molar-refractivity contribution in [2.45, 2.75) is 0 Å². The Kier molecular flexibility index (Phi) is 4.81. The van der Waals surface area contributed by atoms with E-state index < -0.39 is 5.91 Å². The van der Waals surface area contributed by atoms with E-state index in [0.29, 0.717) is 43.8 Å². The molecule has 3 N–H and O–H groups in total. The number of hydrogen-bond acceptors (Lipinski definition) is 5. The maximum Gasteiger partial charge on any atom is 0.250 e. The summed E-state index contributed by atoms with van der Waals surface area (Å²) >= 11 is 12.4. The Hall–Kier alpha value is -3.22. The van der Waals surface area contributed by atoms with Crippen LogP contribution in [0, 0.1) is 0 Å². The van der Waals surface area contributed by atoms with E-state index >= 15 is 0 Å². The topological polar surface area (TPSA) is 93.8 Å². The maximum atomic E-state index is 11.8. The Bertz CT molecular complexity index is 1200. The number of halogens is 2. The van der Waals surface area contributed by atoms with Crippen LogP contribution < -0.4 is 11.1 Å². The molecule has 0 spiro atoms. The SMILES string of the molecule is NC(=O)c1ccccc1Nc1nc(-c2cccnc2)nc2cc(Cl)c(Cl)cc12. The molecule has 2 aromatic carbocycles. The molecule has 0 saturated carbocycles. The highest BCUT2D eigenvalue weighted by atomic mass is 35.5. The Morgan fingerprint density at radius 3 is 2.54 bits per heavy atom. The molecule has 8 heteroatoms. The number of nitrogens with two attached hydrogens (primary N) is 1. The van der Waals surface area contributed by atoms with Gasteiger partial charge in [0, 0.05) is 23.3 Å². The number of amides is 1. The van der Waals surface area contributed by atoms with Crippen LogP contribution >= 0.6 is 23.2 Å². The van der Waals surface area contributed by atoms with Crippen molar-refractivity contribution in [2.24, 2.45) is 5.73 Å². The predicted octanol–water partition coefficient (Wildman–Crippen LogP) is 4.84. The van der Waals surface area contributed by atoms with Gasteiger partial charge >= 0.3 is 0 Å². The van der Waals surface area contributed by atoms with Crippen LogP contribution in [-0.4, -0.2) is 20.9 Å². The smallest absolute Gasteiger partial charge is 0.250 e. The number of carbonyl (C=O) groups is 1. The molecule has 28 heavy (non-hydrogen) atoms. The molecule has 6 nitrogen and oxygen atoms in total. The van der Waals surface area contributed by atoms with Gasteiger partial charge in [-0.05, 0) is 36.4 Å². The molecule has 0 aliphatic heterocycles. The number of nitrogens with zero attached hydrogens (tertiary/aromatic N) is 3. The number of nitrogens with one attached hydrogen (secondary N) is 1. The van der Waals surface area contributed by atoms with E-state index in [2.05, 4.69) is 20.3 Å². The monoisotopic (exact) mass is 409 g/mol. The number of carbonyl (C=O) groups excluding carboxylic acids is 1. The van der Waals surface area contributed by atoms with Gasteiger partial charge in [-0.1, -0.05) is 35.3 Å². The van der Waals surface area contributed by atoms with Gasteiger partial charge in [-0.15, -0.1) is 0 Å². The third-order valence-corrected chi connectivity index (χ3v) is 4.83.